The van der Waals surface area contributed by atoms with E-state index in [0.717, 1.165) is 31.7 Å². The number of aliphatic hydroxyl groups is 1. The zero-order chi connectivity index (χ0) is 54.2. The van der Waals surface area contributed by atoms with Crippen LogP contribution in [0.15, 0.2) is 92.3 Å². The molecule has 68 heavy (non-hydrogen) atoms. The van der Waals surface area contributed by atoms with Crippen LogP contribution in [-0.2, 0) is 69.0 Å². The molecule has 4 aromatic rings. The second-order valence-corrected chi connectivity index (χ2v) is 19.5. The van der Waals surface area contributed by atoms with Crippen molar-refractivity contribution < 1.29 is 108 Å². The molecule has 0 saturated carbocycles. The summed E-state index contributed by atoms with van der Waals surface area (Å²) in [7, 11) is -28.1. The molecule has 0 atom stereocenters. The van der Waals surface area contributed by atoms with Gasteiger partial charge in [-0.25, -0.2) is 39.7 Å². The summed E-state index contributed by atoms with van der Waals surface area (Å²) in [6, 6.07) is 12.3. The van der Waals surface area contributed by atoms with Gasteiger partial charge in [-0.2, -0.15) is 0 Å². The van der Waals surface area contributed by atoms with E-state index in [1.807, 2.05) is 36.1 Å². The van der Waals surface area contributed by atoms with E-state index in [1.165, 1.54) is 50.7 Å². The van der Waals surface area contributed by atoms with Crippen LogP contribution < -0.4 is 18.3 Å². The number of rotatable bonds is 13. The normalized spacial score (nSPS) is 13.0. The first-order valence-corrected chi connectivity index (χ1v) is 26.9. The molecular formula is C38H65F12N5O9P2S2. The first-order chi connectivity index (χ1) is 30.4. The summed E-state index contributed by atoms with van der Waals surface area (Å²) in [5.74, 6) is 0. The van der Waals surface area contributed by atoms with E-state index in [0.29, 0.717) is 0 Å². The number of hydrogen-bond acceptors (Lipinski definition) is 9. The van der Waals surface area contributed by atoms with Crippen LogP contribution in [0.4, 0.5) is 50.4 Å². The van der Waals surface area contributed by atoms with Crippen LogP contribution in [0, 0.1) is 13.8 Å². The van der Waals surface area contributed by atoms with Gasteiger partial charge in [-0.3, -0.25) is 8.37 Å². The first kappa shape index (κ1) is 70.9. The molecule has 0 bridgehead atoms. The number of halogens is 12. The molecule has 0 spiro atoms. The second kappa shape index (κ2) is 30.2. The minimum absolute atomic E-state index is 0.0914. The Balaban J connectivity index is -0.000000347. The number of nitrogens with zero attached hydrogens (tertiary/aromatic N) is 5. The van der Waals surface area contributed by atoms with Crippen molar-refractivity contribution in [3.05, 3.63) is 109 Å². The van der Waals surface area contributed by atoms with Crippen LogP contribution in [0.3, 0.4) is 0 Å². The van der Waals surface area contributed by atoms with Gasteiger partial charge < -0.3 is 14.2 Å². The molecule has 402 valence electrons. The summed E-state index contributed by atoms with van der Waals surface area (Å²) in [6.45, 7) is 20.0. The van der Waals surface area contributed by atoms with Crippen LogP contribution in [0.5, 0.6) is 0 Å². The Morgan fingerprint density at radius 3 is 1.31 bits per heavy atom. The van der Waals surface area contributed by atoms with Gasteiger partial charge in [-0.1, -0.05) is 26.7 Å². The van der Waals surface area contributed by atoms with E-state index in [1.54, 1.807) is 0 Å². The predicted molar refractivity (Wildman–Crippen MR) is 232 cm³/mol. The fourth-order valence-corrected chi connectivity index (χ4v) is 4.58. The molecule has 0 aliphatic heterocycles. The Bertz CT molecular complexity index is 2090. The van der Waals surface area contributed by atoms with Gasteiger partial charge in [0.15, 0.2) is 37.2 Å². The Hall–Kier alpha value is -3.62. The molecule has 4 rings (SSSR count). The molecule has 0 aromatic carbocycles. The van der Waals surface area contributed by atoms with E-state index in [2.05, 4.69) is 136 Å². The van der Waals surface area contributed by atoms with Gasteiger partial charge in [0.05, 0.1) is 33.4 Å². The maximum atomic E-state index is 9.87. The van der Waals surface area contributed by atoms with Crippen LogP contribution >= 0.6 is 15.6 Å². The Kier molecular flexibility index (Phi) is 31.5. The molecule has 0 saturated heterocycles. The molecule has 0 radical (unpaired) electrons. The molecule has 0 unspecified atom stereocenters. The minimum atomic E-state index is -10.7. The Labute approximate surface area is 391 Å². The van der Waals surface area contributed by atoms with Crippen molar-refractivity contribution in [3.8, 4) is 0 Å². The monoisotopic (exact) mass is 1090 g/mol. The molecule has 4 heterocycles. The molecular weight excluding hydrogens is 1020 g/mol. The number of aryl methyl sites for hydroxylation is 7. The van der Waals surface area contributed by atoms with Gasteiger partial charge in [0, 0.05) is 41.8 Å². The standard InChI is InChI=1S/C10H16N.C8H15N2.C8H12NO.C8H12N.2C2H6O4S.2F6P/c1-3-4-7-11-8-5-10(2)6-9-11;1-3-4-5-10-7-6-9(2)8-10;1-2-9-5-3-4-8(6-9)7-10;1-3-9-6-4-5-8(2)7-9;2*1-2-6-7(3,4)5;2*1-7(2,3,4,5)6/h5-6,8-9H,3-4,7H2,1-2H3;6-8H,3-5H2,1-2H3;3-6,10H,2,7H2,1H3;4-7H,3H2,1-2H3;2*2H2,1H3,(H,3,4,5);;/q4*+1;;;2*-1/p-2. The van der Waals surface area contributed by atoms with Crippen molar-refractivity contribution in [3.63, 3.8) is 0 Å². The first-order valence-electron chi connectivity index (χ1n) is 20.2. The summed E-state index contributed by atoms with van der Waals surface area (Å²) in [5.41, 5.74) is 3.61. The van der Waals surface area contributed by atoms with Gasteiger partial charge in [0.25, 0.3) is 0 Å². The Morgan fingerprint density at radius 1 is 0.603 bits per heavy atom. The number of aromatic nitrogens is 5. The van der Waals surface area contributed by atoms with E-state index in [4.69, 9.17) is 5.11 Å². The van der Waals surface area contributed by atoms with Crippen LogP contribution in [0.1, 0.15) is 83.9 Å². The van der Waals surface area contributed by atoms with E-state index in [-0.39, 0.29) is 19.8 Å². The number of aliphatic hydroxyl groups excluding tert-OH is 1. The van der Waals surface area contributed by atoms with E-state index >= 15 is 0 Å². The van der Waals surface area contributed by atoms with Crippen molar-refractivity contribution in [1.82, 2.24) is 4.57 Å². The van der Waals surface area contributed by atoms with Crippen molar-refractivity contribution in [2.75, 3.05) is 13.2 Å². The molecule has 4 aromatic heterocycles. The van der Waals surface area contributed by atoms with Crippen LogP contribution in [-0.4, -0.2) is 48.8 Å². The van der Waals surface area contributed by atoms with Gasteiger partial charge in [0.1, 0.15) is 32.0 Å². The molecule has 14 nitrogen and oxygen atoms in total. The van der Waals surface area contributed by atoms with Gasteiger partial charge in [-0.15, -0.1) is 0 Å². The van der Waals surface area contributed by atoms with Gasteiger partial charge in [-0.05, 0) is 65.7 Å². The third-order valence-electron chi connectivity index (χ3n) is 6.78. The maximum absolute atomic E-state index is 10.7. The van der Waals surface area contributed by atoms with E-state index < -0.39 is 36.4 Å². The van der Waals surface area contributed by atoms with Crippen LogP contribution in [0.25, 0.3) is 0 Å². The quantitative estimate of drug-likeness (QED) is 0.0449. The van der Waals surface area contributed by atoms with Gasteiger partial charge >= 0.3 is 66.0 Å². The molecule has 0 fully saturated rings. The number of pyridine rings is 3. The van der Waals surface area contributed by atoms with Crippen molar-refractivity contribution in [2.24, 2.45) is 7.05 Å². The fraction of sp³-hybridized carbons (Fsp3) is 0.526. The summed E-state index contributed by atoms with van der Waals surface area (Å²) in [4.78, 5) is 0. The number of hydrogen-bond donors (Lipinski definition) is 1. The summed E-state index contributed by atoms with van der Waals surface area (Å²) < 4.78 is 193. The average molecular weight is 1090 g/mol. The third kappa shape index (κ3) is 71.4. The predicted octanol–water partition coefficient (Wildman–Crippen LogP) is 10.7. The fourth-order valence-electron chi connectivity index (χ4n) is 4.00. The van der Waals surface area contributed by atoms with Crippen LogP contribution in [0.2, 0.25) is 0 Å². The zero-order valence-electron chi connectivity index (χ0n) is 39.1. The number of imidazole rings is 1. The molecule has 0 amide bonds. The van der Waals surface area contributed by atoms with Crippen molar-refractivity contribution >= 4 is 36.4 Å². The molecule has 30 heteroatoms. The molecule has 1 N–H and O–H groups in total. The summed E-state index contributed by atoms with van der Waals surface area (Å²) >= 11 is 0. The average Bonchev–Trinajstić information content (AvgIpc) is 3.59. The topological polar surface area (TPSA) is 174 Å². The number of unbranched alkanes of at least 4 members (excludes halogenated alkanes) is 2. The summed E-state index contributed by atoms with van der Waals surface area (Å²) in [5, 5.41) is 8.74. The molecule has 0 aliphatic rings. The second-order valence-electron chi connectivity index (χ2n) is 13.6. The summed E-state index contributed by atoms with van der Waals surface area (Å²) in [6.07, 6.45) is 23.8. The zero-order valence-corrected chi connectivity index (χ0v) is 42.6. The third-order valence-corrected chi connectivity index (χ3v) is 7.83. The van der Waals surface area contributed by atoms with E-state index in [9.17, 15) is 76.3 Å². The van der Waals surface area contributed by atoms with Crippen molar-refractivity contribution in [2.45, 2.75) is 114 Å². The molecule has 0 aliphatic carbocycles. The Morgan fingerprint density at radius 2 is 1.01 bits per heavy atom. The SMILES string of the molecule is CCCC[n+]1ccc(C)cc1.CCCCn1cc[n+](C)c1.CCOS(=O)(=O)[O-].CCOS(=O)(=O)[O-].CC[n+]1cccc(C)c1.CC[n+]1cccc(CO)c1.F[P-](F)(F)(F)(F)F.F[P-](F)(F)(F)(F)F. The van der Waals surface area contributed by atoms with Crippen molar-refractivity contribution in [1.29, 1.82) is 0 Å². The van der Waals surface area contributed by atoms with Gasteiger partial charge in [0.2, 0.25) is 27.1 Å².